The van der Waals surface area contributed by atoms with E-state index in [1.165, 1.54) is 7.05 Å². The normalized spacial score (nSPS) is 11.5. The number of hydrogen-bond acceptors (Lipinski definition) is 5. The Morgan fingerprint density at radius 1 is 1.53 bits per heavy atom. The number of aliphatic carboxylic acids is 1. The van der Waals surface area contributed by atoms with E-state index in [0.29, 0.717) is 11.3 Å². The van der Waals surface area contributed by atoms with Crippen molar-refractivity contribution in [3.05, 3.63) is 5.01 Å². The largest absolute Gasteiger partial charge is 0.480 e. The quantitative estimate of drug-likeness (QED) is 0.857. The fourth-order valence-electron chi connectivity index (χ4n) is 0.755. The van der Waals surface area contributed by atoms with Gasteiger partial charge in [-0.25, -0.2) is 0 Å². The van der Waals surface area contributed by atoms with E-state index in [9.17, 15) is 18.0 Å². The zero-order chi connectivity index (χ0) is 11.6. The first-order valence-electron chi connectivity index (χ1n) is 3.64. The third kappa shape index (κ3) is 3.05. The second kappa shape index (κ2) is 4.01. The lowest BCUT2D eigenvalue weighted by molar-refractivity contribution is -0.138. The highest BCUT2D eigenvalue weighted by Crippen LogP contribution is 2.33. The first kappa shape index (κ1) is 11.7. The van der Waals surface area contributed by atoms with E-state index < -0.39 is 23.7 Å². The summed E-state index contributed by atoms with van der Waals surface area (Å²) in [6.07, 6.45) is -4.54. The number of nitrogens with zero attached hydrogens (tertiary/aromatic N) is 3. The molecule has 1 rings (SSSR count). The standard InChI is InChI=1S/C6H6F3N3O2S/c1-12(2-3(13)14)5-11-10-4(15-5)6(7,8)9/h2H2,1H3,(H,13,14). The molecule has 0 saturated carbocycles. The van der Waals surface area contributed by atoms with Gasteiger partial charge in [0.05, 0.1) is 0 Å². The van der Waals surface area contributed by atoms with E-state index >= 15 is 0 Å². The first-order chi connectivity index (χ1) is 6.80. The van der Waals surface area contributed by atoms with E-state index in [1.54, 1.807) is 0 Å². The summed E-state index contributed by atoms with van der Waals surface area (Å²) in [5, 5.41) is 13.4. The highest BCUT2D eigenvalue weighted by Gasteiger charge is 2.36. The van der Waals surface area contributed by atoms with Gasteiger partial charge in [-0.1, -0.05) is 11.3 Å². The van der Waals surface area contributed by atoms with Gasteiger partial charge >= 0.3 is 12.1 Å². The number of carboxylic acids is 1. The van der Waals surface area contributed by atoms with Gasteiger partial charge < -0.3 is 10.0 Å². The number of halogens is 3. The molecule has 0 bridgehead atoms. The molecule has 9 heteroatoms. The number of anilines is 1. The van der Waals surface area contributed by atoms with Gasteiger partial charge in [0.1, 0.15) is 6.54 Å². The molecule has 1 aromatic rings. The van der Waals surface area contributed by atoms with Crippen LogP contribution in [-0.4, -0.2) is 34.9 Å². The Morgan fingerprint density at radius 2 is 2.13 bits per heavy atom. The van der Waals surface area contributed by atoms with Crippen molar-refractivity contribution in [2.75, 3.05) is 18.5 Å². The van der Waals surface area contributed by atoms with Gasteiger partial charge in [-0.2, -0.15) is 13.2 Å². The lowest BCUT2D eigenvalue weighted by Crippen LogP contribution is -2.24. The van der Waals surface area contributed by atoms with Gasteiger partial charge in [0.25, 0.3) is 0 Å². The Morgan fingerprint density at radius 3 is 2.53 bits per heavy atom. The van der Waals surface area contributed by atoms with Crippen molar-refractivity contribution < 1.29 is 23.1 Å². The van der Waals surface area contributed by atoms with Crippen LogP contribution < -0.4 is 4.90 Å². The average Bonchev–Trinajstić information content (AvgIpc) is 2.48. The number of carbonyl (C=O) groups is 1. The molecule has 1 N–H and O–H groups in total. The molecule has 1 aromatic heterocycles. The maximum Gasteiger partial charge on any atom is 0.445 e. The summed E-state index contributed by atoms with van der Waals surface area (Å²) < 4.78 is 36.3. The predicted molar refractivity (Wildman–Crippen MR) is 45.8 cm³/mol. The summed E-state index contributed by atoms with van der Waals surface area (Å²) in [4.78, 5) is 11.4. The van der Waals surface area contributed by atoms with E-state index in [2.05, 4.69) is 10.2 Å². The van der Waals surface area contributed by atoms with Gasteiger partial charge in [-0.15, -0.1) is 10.2 Å². The lowest BCUT2D eigenvalue weighted by Gasteiger charge is -2.10. The molecule has 84 valence electrons. The minimum absolute atomic E-state index is 0.0790. The predicted octanol–water partition coefficient (Wildman–Crippen LogP) is 1.08. The molecule has 0 atom stereocenters. The summed E-state index contributed by atoms with van der Waals surface area (Å²) >= 11 is 0.305. The molecule has 0 amide bonds. The molecule has 1 heterocycles. The Bertz CT molecular complexity index is 365. The third-order valence-electron chi connectivity index (χ3n) is 1.36. The monoisotopic (exact) mass is 241 g/mol. The number of aromatic nitrogens is 2. The Balaban J connectivity index is 2.80. The molecule has 0 radical (unpaired) electrons. The van der Waals surface area contributed by atoms with Gasteiger partial charge in [0, 0.05) is 7.05 Å². The Hall–Kier alpha value is -1.38. The minimum Gasteiger partial charge on any atom is -0.480 e. The Kier molecular flexibility index (Phi) is 3.12. The van der Waals surface area contributed by atoms with Crippen LogP contribution in [0, 0.1) is 0 Å². The number of rotatable bonds is 3. The SMILES string of the molecule is CN(CC(=O)O)c1nnc(C(F)(F)F)s1. The molecule has 0 aliphatic rings. The van der Waals surface area contributed by atoms with Crippen LogP contribution in [0.4, 0.5) is 18.3 Å². The molecule has 0 aromatic carbocycles. The summed E-state index contributed by atoms with van der Waals surface area (Å²) in [6, 6.07) is 0. The van der Waals surface area contributed by atoms with Crippen LogP contribution in [-0.2, 0) is 11.0 Å². The molecule has 5 nitrogen and oxygen atoms in total. The van der Waals surface area contributed by atoms with E-state index in [4.69, 9.17) is 5.11 Å². The molecule has 0 aliphatic heterocycles. The van der Waals surface area contributed by atoms with Crippen LogP contribution in [0.15, 0.2) is 0 Å². The molecule has 0 spiro atoms. The van der Waals surface area contributed by atoms with Crippen LogP contribution in [0.25, 0.3) is 0 Å². The van der Waals surface area contributed by atoms with Gasteiger partial charge in [-0.05, 0) is 0 Å². The van der Waals surface area contributed by atoms with Crippen LogP contribution in [0.1, 0.15) is 5.01 Å². The maximum absolute atomic E-state index is 12.1. The third-order valence-corrected chi connectivity index (χ3v) is 2.44. The van der Waals surface area contributed by atoms with Gasteiger partial charge in [0.2, 0.25) is 10.1 Å². The second-order valence-electron chi connectivity index (χ2n) is 2.64. The Labute approximate surface area is 86.2 Å². The fraction of sp³-hybridized carbons (Fsp3) is 0.500. The van der Waals surface area contributed by atoms with E-state index in [1.807, 2.05) is 0 Å². The molecule has 0 fully saturated rings. The fourth-order valence-corrected chi connectivity index (χ4v) is 1.43. The van der Waals surface area contributed by atoms with Crippen LogP contribution >= 0.6 is 11.3 Å². The van der Waals surface area contributed by atoms with E-state index in [0.717, 1.165) is 4.90 Å². The van der Waals surface area contributed by atoms with Crippen molar-refractivity contribution >= 4 is 22.4 Å². The minimum atomic E-state index is -4.54. The second-order valence-corrected chi connectivity index (χ2v) is 3.59. The molecule has 0 aliphatic carbocycles. The summed E-state index contributed by atoms with van der Waals surface area (Å²) in [5.41, 5.74) is 0. The summed E-state index contributed by atoms with van der Waals surface area (Å²) in [7, 11) is 1.33. The average molecular weight is 241 g/mol. The lowest BCUT2D eigenvalue weighted by atomic mass is 10.6. The first-order valence-corrected chi connectivity index (χ1v) is 4.46. The summed E-state index contributed by atoms with van der Waals surface area (Å²) in [5.74, 6) is -1.15. The van der Waals surface area contributed by atoms with Crippen LogP contribution in [0.2, 0.25) is 0 Å². The van der Waals surface area contributed by atoms with Crippen LogP contribution in [0.5, 0.6) is 0 Å². The van der Waals surface area contributed by atoms with Gasteiger partial charge in [0.15, 0.2) is 0 Å². The maximum atomic E-state index is 12.1. The summed E-state index contributed by atoms with van der Waals surface area (Å²) in [6.45, 7) is -0.424. The number of hydrogen-bond donors (Lipinski definition) is 1. The highest BCUT2D eigenvalue weighted by molar-refractivity contribution is 7.15. The number of alkyl halides is 3. The van der Waals surface area contributed by atoms with Crippen molar-refractivity contribution in [2.45, 2.75) is 6.18 Å². The van der Waals surface area contributed by atoms with Crippen molar-refractivity contribution in [1.82, 2.24) is 10.2 Å². The van der Waals surface area contributed by atoms with Crippen molar-refractivity contribution in [1.29, 1.82) is 0 Å². The zero-order valence-corrected chi connectivity index (χ0v) is 8.26. The smallest absolute Gasteiger partial charge is 0.445 e. The van der Waals surface area contributed by atoms with Crippen molar-refractivity contribution in [3.8, 4) is 0 Å². The highest BCUT2D eigenvalue weighted by atomic mass is 32.1. The zero-order valence-electron chi connectivity index (χ0n) is 7.45. The number of carboxylic acid groups (broad SMARTS) is 1. The van der Waals surface area contributed by atoms with Crippen LogP contribution in [0.3, 0.4) is 0 Å². The molecule has 0 unspecified atom stereocenters. The molecular formula is C6H6F3N3O2S. The molecular weight excluding hydrogens is 235 g/mol. The van der Waals surface area contributed by atoms with E-state index in [-0.39, 0.29) is 5.13 Å². The number of likely N-dealkylation sites (N-methyl/N-ethyl adjacent to an activating group) is 1. The van der Waals surface area contributed by atoms with Gasteiger partial charge in [-0.3, -0.25) is 4.79 Å². The van der Waals surface area contributed by atoms with Crippen molar-refractivity contribution in [2.24, 2.45) is 0 Å². The molecule has 15 heavy (non-hydrogen) atoms. The molecule has 0 saturated heterocycles. The van der Waals surface area contributed by atoms with Crippen molar-refractivity contribution in [3.63, 3.8) is 0 Å². The topological polar surface area (TPSA) is 66.3 Å².